The lowest BCUT2D eigenvalue weighted by Crippen LogP contribution is -2.26. The smallest absolute Gasteiger partial charge is 0.414 e. The van der Waals surface area contributed by atoms with Crippen LogP contribution < -0.4 is 10.2 Å². The van der Waals surface area contributed by atoms with Gasteiger partial charge in [-0.25, -0.2) is 4.79 Å². The van der Waals surface area contributed by atoms with E-state index in [0.717, 1.165) is 17.3 Å². The largest absolute Gasteiger partial charge is 0.447 e. The van der Waals surface area contributed by atoms with Gasteiger partial charge in [0, 0.05) is 17.4 Å². The molecule has 1 heterocycles. The normalized spacial score (nSPS) is 26.4. The Balaban J connectivity index is 1.69. The minimum absolute atomic E-state index is 0.242. The molecule has 2 fully saturated rings. The summed E-state index contributed by atoms with van der Waals surface area (Å²) in [5, 5.41) is 3.61. The Morgan fingerprint density at radius 2 is 2.25 bits per heavy atom. The fraction of sp³-hybridized carbons (Fsp3) is 0.562. The number of ether oxygens (including phenoxy) is 1. The van der Waals surface area contributed by atoms with E-state index in [1.165, 1.54) is 25.7 Å². The van der Waals surface area contributed by atoms with Crippen LogP contribution in [0.25, 0.3) is 0 Å². The van der Waals surface area contributed by atoms with E-state index in [0.29, 0.717) is 19.2 Å². The van der Waals surface area contributed by atoms with Crippen LogP contribution in [-0.4, -0.2) is 25.3 Å². The number of amides is 1. The molecule has 4 nitrogen and oxygen atoms in total. The van der Waals surface area contributed by atoms with Gasteiger partial charge < -0.3 is 10.1 Å². The number of rotatable bonds is 3. The highest BCUT2D eigenvalue weighted by molar-refractivity contribution is 5.89. The number of carbonyl (C=O) groups excluding carboxylic acids is 1. The fourth-order valence-electron chi connectivity index (χ4n) is 3.19. The van der Waals surface area contributed by atoms with Gasteiger partial charge in [0.1, 0.15) is 6.61 Å². The van der Waals surface area contributed by atoms with Crippen molar-refractivity contribution in [2.45, 2.75) is 38.6 Å². The minimum atomic E-state index is -0.242. The molecule has 2 atom stereocenters. The third kappa shape index (κ3) is 2.89. The standard InChI is InChI=1S/C16H22N2O2/c1-12-4-2-5-13(10-12)17-14-6-3-7-15(11-14)18-8-9-20-16(18)19/h3,6-7,11-13,17H,2,4-5,8-10H2,1H3. The van der Waals surface area contributed by atoms with Gasteiger partial charge in [-0.2, -0.15) is 0 Å². The first-order valence-corrected chi connectivity index (χ1v) is 7.53. The summed E-state index contributed by atoms with van der Waals surface area (Å²) in [5.41, 5.74) is 2.02. The zero-order valence-corrected chi connectivity index (χ0v) is 12.0. The summed E-state index contributed by atoms with van der Waals surface area (Å²) in [6, 6.07) is 8.63. The van der Waals surface area contributed by atoms with E-state index in [9.17, 15) is 4.79 Å². The fourth-order valence-corrected chi connectivity index (χ4v) is 3.19. The maximum atomic E-state index is 11.6. The lowest BCUT2D eigenvalue weighted by molar-refractivity contribution is 0.181. The molecule has 2 aliphatic rings. The van der Waals surface area contributed by atoms with E-state index in [-0.39, 0.29) is 6.09 Å². The lowest BCUT2D eigenvalue weighted by atomic mass is 9.87. The third-order valence-corrected chi connectivity index (χ3v) is 4.23. The van der Waals surface area contributed by atoms with Gasteiger partial charge in [-0.05, 0) is 37.0 Å². The van der Waals surface area contributed by atoms with Crippen molar-refractivity contribution >= 4 is 17.5 Å². The van der Waals surface area contributed by atoms with Crippen LogP contribution in [0.4, 0.5) is 16.2 Å². The van der Waals surface area contributed by atoms with Gasteiger partial charge in [-0.1, -0.05) is 25.8 Å². The van der Waals surface area contributed by atoms with Crippen molar-refractivity contribution in [3.63, 3.8) is 0 Å². The molecule has 0 aromatic heterocycles. The first-order chi connectivity index (χ1) is 9.72. The molecule has 0 bridgehead atoms. The van der Waals surface area contributed by atoms with Crippen molar-refractivity contribution in [2.75, 3.05) is 23.4 Å². The Kier molecular flexibility index (Phi) is 3.81. The van der Waals surface area contributed by atoms with Gasteiger partial charge in [0.2, 0.25) is 0 Å². The van der Waals surface area contributed by atoms with Crippen LogP contribution in [0.5, 0.6) is 0 Å². The van der Waals surface area contributed by atoms with Crippen LogP contribution in [-0.2, 0) is 4.74 Å². The van der Waals surface area contributed by atoms with Crippen molar-refractivity contribution in [3.05, 3.63) is 24.3 Å². The molecule has 1 amide bonds. The molecule has 1 aliphatic heterocycles. The molecule has 4 heteroatoms. The van der Waals surface area contributed by atoms with Crippen LogP contribution in [0.2, 0.25) is 0 Å². The van der Waals surface area contributed by atoms with E-state index >= 15 is 0 Å². The van der Waals surface area contributed by atoms with Gasteiger partial charge in [0.15, 0.2) is 0 Å². The summed E-state index contributed by atoms with van der Waals surface area (Å²) < 4.78 is 4.99. The molecule has 1 aromatic carbocycles. The molecule has 0 spiro atoms. The quantitative estimate of drug-likeness (QED) is 0.915. The second-order valence-corrected chi connectivity index (χ2v) is 5.93. The van der Waals surface area contributed by atoms with E-state index in [1.54, 1.807) is 4.90 Å². The van der Waals surface area contributed by atoms with Gasteiger partial charge in [-0.15, -0.1) is 0 Å². The number of carbonyl (C=O) groups is 1. The number of nitrogens with one attached hydrogen (secondary N) is 1. The van der Waals surface area contributed by atoms with Crippen molar-refractivity contribution in [2.24, 2.45) is 5.92 Å². The number of hydrogen-bond acceptors (Lipinski definition) is 3. The van der Waals surface area contributed by atoms with E-state index < -0.39 is 0 Å². The van der Waals surface area contributed by atoms with Crippen molar-refractivity contribution in [3.8, 4) is 0 Å². The third-order valence-electron chi connectivity index (χ3n) is 4.23. The maximum Gasteiger partial charge on any atom is 0.414 e. The molecule has 108 valence electrons. The Bertz CT molecular complexity index is 489. The predicted octanol–water partition coefficient (Wildman–Crippen LogP) is 3.63. The van der Waals surface area contributed by atoms with Gasteiger partial charge in [0.05, 0.1) is 6.54 Å². The number of cyclic esters (lactones) is 1. The average Bonchev–Trinajstić information content (AvgIpc) is 2.85. The summed E-state index contributed by atoms with van der Waals surface area (Å²) in [7, 11) is 0. The van der Waals surface area contributed by atoms with E-state index in [2.05, 4.69) is 18.3 Å². The molecular weight excluding hydrogens is 252 g/mol. The topological polar surface area (TPSA) is 41.6 Å². The zero-order valence-electron chi connectivity index (χ0n) is 12.0. The first kappa shape index (κ1) is 13.3. The Labute approximate surface area is 120 Å². The van der Waals surface area contributed by atoms with Crippen LogP contribution in [0.1, 0.15) is 32.6 Å². The van der Waals surface area contributed by atoms with Crippen molar-refractivity contribution in [1.29, 1.82) is 0 Å². The highest BCUT2D eigenvalue weighted by Crippen LogP contribution is 2.28. The van der Waals surface area contributed by atoms with Gasteiger partial charge in [-0.3, -0.25) is 4.90 Å². The van der Waals surface area contributed by atoms with E-state index in [1.807, 2.05) is 18.2 Å². The molecule has 1 saturated heterocycles. The monoisotopic (exact) mass is 274 g/mol. The summed E-state index contributed by atoms with van der Waals surface area (Å²) in [5.74, 6) is 0.804. The summed E-state index contributed by atoms with van der Waals surface area (Å²) >= 11 is 0. The highest BCUT2D eigenvalue weighted by Gasteiger charge is 2.24. The molecular formula is C16H22N2O2. The Hall–Kier alpha value is -1.71. The molecule has 3 rings (SSSR count). The average molecular weight is 274 g/mol. The van der Waals surface area contributed by atoms with Crippen LogP contribution in [0.3, 0.4) is 0 Å². The molecule has 1 aliphatic carbocycles. The maximum absolute atomic E-state index is 11.6. The second kappa shape index (κ2) is 5.73. The van der Waals surface area contributed by atoms with Crippen molar-refractivity contribution in [1.82, 2.24) is 0 Å². The lowest BCUT2D eigenvalue weighted by Gasteiger charge is -2.28. The molecule has 1 saturated carbocycles. The SMILES string of the molecule is CC1CCCC(Nc2cccc(N3CCOC3=O)c2)C1. The highest BCUT2D eigenvalue weighted by atomic mass is 16.6. The number of nitrogens with zero attached hydrogens (tertiary/aromatic N) is 1. The van der Waals surface area contributed by atoms with E-state index in [4.69, 9.17) is 4.74 Å². The van der Waals surface area contributed by atoms with Gasteiger partial charge >= 0.3 is 6.09 Å². The molecule has 20 heavy (non-hydrogen) atoms. The molecule has 0 radical (unpaired) electrons. The Morgan fingerprint density at radius 3 is 3.00 bits per heavy atom. The number of anilines is 2. The predicted molar refractivity (Wildman–Crippen MR) is 80.2 cm³/mol. The van der Waals surface area contributed by atoms with Crippen LogP contribution in [0.15, 0.2) is 24.3 Å². The molecule has 1 N–H and O–H groups in total. The van der Waals surface area contributed by atoms with Crippen LogP contribution in [0, 0.1) is 5.92 Å². The zero-order chi connectivity index (χ0) is 13.9. The minimum Gasteiger partial charge on any atom is -0.447 e. The molecule has 1 aromatic rings. The second-order valence-electron chi connectivity index (χ2n) is 5.93. The number of benzene rings is 1. The summed E-state index contributed by atoms with van der Waals surface area (Å²) in [4.78, 5) is 13.3. The van der Waals surface area contributed by atoms with Gasteiger partial charge in [0.25, 0.3) is 0 Å². The summed E-state index contributed by atoms with van der Waals surface area (Å²) in [6.45, 7) is 3.45. The first-order valence-electron chi connectivity index (χ1n) is 7.53. The van der Waals surface area contributed by atoms with Crippen molar-refractivity contribution < 1.29 is 9.53 Å². The summed E-state index contributed by atoms with van der Waals surface area (Å²) in [6.07, 6.45) is 4.87. The Morgan fingerprint density at radius 1 is 1.35 bits per heavy atom. The molecule has 2 unspecified atom stereocenters. The number of hydrogen-bond donors (Lipinski definition) is 1. The van der Waals surface area contributed by atoms with Crippen LogP contribution >= 0.6 is 0 Å².